The van der Waals surface area contributed by atoms with E-state index in [9.17, 15) is 8.42 Å². The number of methoxy groups -OCH3 is 1. The van der Waals surface area contributed by atoms with Gasteiger partial charge in [0, 0.05) is 0 Å². The van der Waals surface area contributed by atoms with Gasteiger partial charge in [0.1, 0.15) is 6.61 Å². The Morgan fingerprint density at radius 1 is 0.875 bits per heavy atom. The number of fused-ring (bicyclic) bond motifs is 1. The summed E-state index contributed by atoms with van der Waals surface area (Å²) in [6, 6.07) is 27.6. The highest BCUT2D eigenvalue weighted by Gasteiger charge is 2.11. The molecule has 0 aliphatic rings. The Labute approximate surface area is 187 Å². The van der Waals surface area contributed by atoms with Crippen LogP contribution in [0.25, 0.3) is 10.8 Å². The Hall–Kier alpha value is -3.84. The number of benzene rings is 4. The van der Waals surface area contributed by atoms with Gasteiger partial charge in [-0.25, -0.2) is 4.83 Å². The van der Waals surface area contributed by atoms with Crippen molar-refractivity contribution in [1.29, 1.82) is 0 Å². The van der Waals surface area contributed by atoms with Crippen molar-refractivity contribution in [2.45, 2.75) is 11.5 Å². The van der Waals surface area contributed by atoms with Crippen molar-refractivity contribution in [3.63, 3.8) is 0 Å². The van der Waals surface area contributed by atoms with Gasteiger partial charge in [-0.15, -0.1) is 0 Å². The Kier molecular flexibility index (Phi) is 6.37. The highest BCUT2D eigenvalue weighted by atomic mass is 32.2. The minimum absolute atomic E-state index is 0.145. The van der Waals surface area contributed by atoms with Crippen LogP contribution in [-0.2, 0) is 16.6 Å². The maximum atomic E-state index is 12.2. The average molecular weight is 447 g/mol. The normalized spacial score (nSPS) is 11.5. The van der Waals surface area contributed by atoms with E-state index in [1.165, 1.54) is 18.3 Å². The van der Waals surface area contributed by atoms with E-state index in [1.807, 2.05) is 24.3 Å². The molecule has 0 spiro atoms. The number of hydrazone groups is 1. The molecule has 0 saturated heterocycles. The van der Waals surface area contributed by atoms with E-state index in [2.05, 4.69) is 28.1 Å². The highest BCUT2D eigenvalue weighted by molar-refractivity contribution is 7.89. The van der Waals surface area contributed by atoms with E-state index < -0.39 is 10.0 Å². The summed E-state index contributed by atoms with van der Waals surface area (Å²) in [6.45, 7) is 0.391. The zero-order chi connectivity index (χ0) is 22.4. The maximum Gasteiger partial charge on any atom is 0.276 e. The fraction of sp³-hybridized carbons (Fsp3) is 0.0800. The zero-order valence-electron chi connectivity index (χ0n) is 17.4. The van der Waals surface area contributed by atoms with Gasteiger partial charge >= 0.3 is 0 Å². The molecule has 0 heterocycles. The molecule has 0 aliphatic carbocycles. The van der Waals surface area contributed by atoms with Crippen molar-refractivity contribution in [2.75, 3.05) is 7.11 Å². The number of nitrogens with zero attached hydrogens (tertiary/aromatic N) is 1. The molecule has 4 rings (SSSR count). The molecule has 4 aromatic rings. The molecule has 0 aliphatic heterocycles. The lowest BCUT2D eigenvalue weighted by atomic mass is 10.1. The molecule has 0 bridgehead atoms. The van der Waals surface area contributed by atoms with Crippen LogP contribution in [0.1, 0.15) is 11.1 Å². The summed E-state index contributed by atoms with van der Waals surface area (Å²) in [5.41, 5.74) is 1.74. The quantitative estimate of drug-likeness (QED) is 0.313. The number of hydrogen-bond donors (Lipinski definition) is 1. The van der Waals surface area contributed by atoms with Crippen LogP contribution in [-0.4, -0.2) is 21.7 Å². The maximum absolute atomic E-state index is 12.2. The molecule has 1 N–H and O–H groups in total. The van der Waals surface area contributed by atoms with E-state index in [-0.39, 0.29) is 4.90 Å². The Bertz CT molecular complexity index is 1350. The molecule has 6 nitrogen and oxygen atoms in total. The van der Waals surface area contributed by atoms with Crippen LogP contribution >= 0.6 is 0 Å². The van der Waals surface area contributed by atoms with Gasteiger partial charge in [-0.3, -0.25) is 0 Å². The Morgan fingerprint density at radius 3 is 2.44 bits per heavy atom. The standard InChI is InChI=1S/C25H22N2O4S/c1-30-25-16-19(17-26-27-32(28,29)22-11-3-2-4-12-22)14-15-24(25)31-18-21-10-7-9-20-8-5-6-13-23(20)21/h2-17,27H,18H2,1H3/b26-17-. The van der Waals surface area contributed by atoms with Crippen LogP contribution in [0.15, 0.2) is 101 Å². The molecule has 7 heteroatoms. The number of hydrogen-bond acceptors (Lipinski definition) is 5. The van der Waals surface area contributed by atoms with E-state index in [0.717, 1.165) is 16.3 Å². The van der Waals surface area contributed by atoms with Gasteiger partial charge in [-0.2, -0.15) is 13.5 Å². The molecule has 4 aromatic carbocycles. The first kappa shape index (κ1) is 21.4. The van der Waals surface area contributed by atoms with Crippen molar-refractivity contribution >= 4 is 27.0 Å². The minimum Gasteiger partial charge on any atom is -0.493 e. The number of ether oxygens (including phenoxy) is 2. The van der Waals surface area contributed by atoms with Gasteiger partial charge < -0.3 is 9.47 Å². The summed E-state index contributed by atoms with van der Waals surface area (Å²) >= 11 is 0. The van der Waals surface area contributed by atoms with E-state index >= 15 is 0 Å². The SMILES string of the molecule is COc1cc(/C=N\NS(=O)(=O)c2ccccc2)ccc1OCc1cccc2ccccc12. The predicted molar refractivity (Wildman–Crippen MR) is 126 cm³/mol. The third-order valence-corrected chi connectivity index (χ3v) is 6.13. The molecule has 162 valence electrons. The van der Waals surface area contributed by atoms with Crippen LogP contribution in [0.4, 0.5) is 0 Å². The monoisotopic (exact) mass is 446 g/mol. The summed E-state index contributed by atoms with van der Waals surface area (Å²) in [5.74, 6) is 1.11. The molecule has 0 aromatic heterocycles. The largest absolute Gasteiger partial charge is 0.493 e. The second-order valence-electron chi connectivity index (χ2n) is 7.00. The summed E-state index contributed by atoms with van der Waals surface area (Å²) in [6.07, 6.45) is 1.41. The van der Waals surface area contributed by atoms with Crippen molar-refractivity contribution in [2.24, 2.45) is 5.10 Å². The Morgan fingerprint density at radius 2 is 1.62 bits per heavy atom. The van der Waals surface area contributed by atoms with Crippen LogP contribution < -0.4 is 14.3 Å². The second-order valence-corrected chi connectivity index (χ2v) is 8.66. The molecule has 0 radical (unpaired) electrons. The smallest absolute Gasteiger partial charge is 0.276 e. The van der Waals surface area contributed by atoms with Gasteiger partial charge in [0.2, 0.25) is 0 Å². The van der Waals surface area contributed by atoms with Crippen LogP contribution in [0.2, 0.25) is 0 Å². The van der Waals surface area contributed by atoms with Crippen molar-refractivity contribution in [3.05, 3.63) is 102 Å². The van der Waals surface area contributed by atoms with Gasteiger partial charge in [0.05, 0.1) is 18.2 Å². The van der Waals surface area contributed by atoms with Crippen molar-refractivity contribution in [3.8, 4) is 11.5 Å². The average Bonchev–Trinajstić information content (AvgIpc) is 2.83. The third-order valence-electron chi connectivity index (χ3n) is 4.89. The number of nitrogens with one attached hydrogen (secondary N) is 1. The molecular weight excluding hydrogens is 424 g/mol. The van der Waals surface area contributed by atoms with Crippen molar-refractivity contribution < 1.29 is 17.9 Å². The molecule has 0 unspecified atom stereocenters. The minimum atomic E-state index is -3.72. The Balaban J connectivity index is 1.46. The number of sulfonamides is 1. The fourth-order valence-electron chi connectivity index (χ4n) is 3.28. The first-order valence-corrected chi connectivity index (χ1v) is 11.4. The lowest BCUT2D eigenvalue weighted by molar-refractivity contribution is 0.285. The second kappa shape index (κ2) is 9.53. The highest BCUT2D eigenvalue weighted by Crippen LogP contribution is 2.29. The summed E-state index contributed by atoms with van der Waals surface area (Å²) in [7, 11) is -2.16. The molecule has 0 amide bonds. The lowest BCUT2D eigenvalue weighted by Gasteiger charge is -2.12. The summed E-state index contributed by atoms with van der Waals surface area (Å²) in [5, 5.41) is 6.16. The summed E-state index contributed by atoms with van der Waals surface area (Å²) < 4.78 is 36.0. The van der Waals surface area contributed by atoms with E-state index in [1.54, 1.807) is 43.5 Å². The van der Waals surface area contributed by atoms with Crippen LogP contribution in [0.5, 0.6) is 11.5 Å². The molecular formula is C25H22N2O4S. The third kappa shape index (κ3) is 4.90. The first-order chi connectivity index (χ1) is 15.6. The van der Waals surface area contributed by atoms with E-state index in [0.29, 0.717) is 23.7 Å². The summed E-state index contributed by atoms with van der Waals surface area (Å²) in [4.78, 5) is 2.35. The molecule has 0 fully saturated rings. The molecule has 0 atom stereocenters. The predicted octanol–water partition coefficient (Wildman–Crippen LogP) is 4.74. The topological polar surface area (TPSA) is 77.0 Å². The molecule has 0 saturated carbocycles. The van der Waals surface area contributed by atoms with Gasteiger partial charge in [-0.1, -0.05) is 60.7 Å². The molecule has 32 heavy (non-hydrogen) atoms. The van der Waals surface area contributed by atoms with Crippen LogP contribution in [0, 0.1) is 0 Å². The van der Waals surface area contributed by atoms with Gasteiger partial charge in [0.15, 0.2) is 11.5 Å². The number of rotatable bonds is 8. The first-order valence-electron chi connectivity index (χ1n) is 9.94. The van der Waals surface area contributed by atoms with Gasteiger partial charge in [-0.05, 0) is 52.2 Å². The van der Waals surface area contributed by atoms with E-state index in [4.69, 9.17) is 9.47 Å². The van der Waals surface area contributed by atoms with Gasteiger partial charge in [0.25, 0.3) is 10.0 Å². The van der Waals surface area contributed by atoms with Crippen LogP contribution in [0.3, 0.4) is 0 Å². The lowest BCUT2D eigenvalue weighted by Crippen LogP contribution is -2.18. The fourth-order valence-corrected chi connectivity index (χ4v) is 4.09. The van der Waals surface area contributed by atoms with Crippen molar-refractivity contribution in [1.82, 2.24) is 4.83 Å². The zero-order valence-corrected chi connectivity index (χ0v) is 18.2.